The second-order valence-corrected chi connectivity index (χ2v) is 6.20. The Kier molecular flexibility index (Phi) is 6.97. The molecule has 4 nitrogen and oxygen atoms in total. The summed E-state index contributed by atoms with van der Waals surface area (Å²) in [5.74, 6) is -0.357. The summed E-state index contributed by atoms with van der Waals surface area (Å²) in [5.41, 5.74) is 1.52. The summed E-state index contributed by atoms with van der Waals surface area (Å²) in [4.78, 5) is 24.1. The maximum atomic E-state index is 12.2. The third-order valence-electron chi connectivity index (χ3n) is 2.80. The molecule has 0 heterocycles. The van der Waals surface area contributed by atoms with E-state index >= 15 is 0 Å². The van der Waals surface area contributed by atoms with Gasteiger partial charge < -0.3 is 5.32 Å². The maximum absolute atomic E-state index is 12.2. The van der Waals surface area contributed by atoms with Crippen molar-refractivity contribution in [3.63, 3.8) is 0 Å². The van der Waals surface area contributed by atoms with Crippen LogP contribution in [0.4, 0.5) is 0 Å². The van der Waals surface area contributed by atoms with E-state index in [4.69, 9.17) is 5.26 Å². The van der Waals surface area contributed by atoms with Gasteiger partial charge in [0, 0.05) is 17.4 Å². The second kappa shape index (κ2) is 8.48. The van der Waals surface area contributed by atoms with Gasteiger partial charge in [-0.2, -0.15) is 17.0 Å². The third kappa shape index (κ3) is 5.24. The van der Waals surface area contributed by atoms with Crippen LogP contribution >= 0.6 is 11.8 Å². The summed E-state index contributed by atoms with van der Waals surface area (Å²) in [5, 5.41) is 11.7. The van der Waals surface area contributed by atoms with E-state index in [9.17, 15) is 9.59 Å². The number of nitrogens with zero attached hydrogens (tertiary/aromatic N) is 1. The van der Waals surface area contributed by atoms with Gasteiger partial charge in [-0.15, -0.1) is 0 Å². The summed E-state index contributed by atoms with van der Waals surface area (Å²) in [6.45, 7) is 5.67. The molecule has 1 N–H and O–H groups in total. The molecule has 21 heavy (non-hydrogen) atoms. The smallest absolute Gasteiger partial charge is 0.245 e. The fourth-order valence-corrected chi connectivity index (χ4v) is 2.39. The summed E-state index contributed by atoms with van der Waals surface area (Å²) < 4.78 is 0. The van der Waals surface area contributed by atoms with Crippen LogP contribution in [0.25, 0.3) is 0 Å². The minimum Gasteiger partial charge on any atom is -0.352 e. The molecule has 0 radical (unpaired) electrons. The first kappa shape index (κ1) is 17.3. The van der Waals surface area contributed by atoms with Crippen molar-refractivity contribution in [3.05, 3.63) is 35.4 Å². The van der Waals surface area contributed by atoms with E-state index < -0.39 is 17.6 Å². The molecule has 0 aliphatic carbocycles. The van der Waals surface area contributed by atoms with Crippen LogP contribution in [0.15, 0.2) is 24.3 Å². The number of Topliss-reactive ketones (excluding diaryl/α,β-unsaturated/α-hetero) is 1. The number of thioether (sulfide) groups is 1. The number of rotatable bonds is 7. The van der Waals surface area contributed by atoms with Gasteiger partial charge in [0.1, 0.15) is 0 Å². The zero-order valence-corrected chi connectivity index (χ0v) is 13.4. The Bertz CT molecular complexity index is 532. The SMILES string of the molecule is CCSCc1ccc(C(=O)C(C#N)C(=O)NC(C)C)cc1. The van der Waals surface area contributed by atoms with E-state index in [2.05, 4.69) is 12.2 Å². The summed E-state index contributed by atoms with van der Waals surface area (Å²) in [7, 11) is 0. The van der Waals surface area contributed by atoms with Crippen LogP contribution in [0, 0.1) is 17.2 Å². The normalized spacial score (nSPS) is 11.8. The van der Waals surface area contributed by atoms with Gasteiger partial charge in [0.05, 0.1) is 6.07 Å². The van der Waals surface area contributed by atoms with Crippen LogP contribution in [0.3, 0.4) is 0 Å². The number of nitrogens with one attached hydrogen (secondary N) is 1. The van der Waals surface area contributed by atoms with Gasteiger partial charge in [0.25, 0.3) is 0 Å². The van der Waals surface area contributed by atoms with Gasteiger partial charge in [-0.1, -0.05) is 31.2 Å². The molecule has 0 aromatic heterocycles. The number of ketones is 1. The van der Waals surface area contributed by atoms with Crippen molar-refractivity contribution in [2.75, 3.05) is 5.75 Å². The lowest BCUT2D eigenvalue weighted by molar-refractivity contribution is -0.122. The lowest BCUT2D eigenvalue weighted by Crippen LogP contribution is -2.38. The predicted octanol–water partition coefficient (Wildman–Crippen LogP) is 2.79. The van der Waals surface area contributed by atoms with Crippen LogP contribution in [-0.2, 0) is 10.5 Å². The van der Waals surface area contributed by atoms with E-state index in [1.165, 1.54) is 0 Å². The molecule has 0 aliphatic heterocycles. The molecule has 1 aromatic carbocycles. The maximum Gasteiger partial charge on any atom is 0.245 e. The van der Waals surface area contributed by atoms with Crippen LogP contribution < -0.4 is 5.32 Å². The van der Waals surface area contributed by atoms with Crippen molar-refractivity contribution in [3.8, 4) is 6.07 Å². The molecule has 1 rings (SSSR count). The quantitative estimate of drug-likeness (QED) is 0.621. The molecule has 1 amide bonds. The Morgan fingerprint density at radius 1 is 1.29 bits per heavy atom. The van der Waals surface area contributed by atoms with Crippen molar-refractivity contribution in [1.29, 1.82) is 5.26 Å². The van der Waals surface area contributed by atoms with Crippen molar-refractivity contribution in [2.45, 2.75) is 32.6 Å². The Hall–Kier alpha value is -1.80. The van der Waals surface area contributed by atoms with Crippen molar-refractivity contribution < 1.29 is 9.59 Å². The molecule has 0 saturated carbocycles. The number of carbonyl (C=O) groups excluding carboxylic acids is 2. The van der Waals surface area contributed by atoms with E-state index in [0.29, 0.717) is 5.56 Å². The van der Waals surface area contributed by atoms with Crippen LogP contribution in [0.1, 0.15) is 36.7 Å². The van der Waals surface area contributed by atoms with Crippen LogP contribution in [0.2, 0.25) is 0 Å². The third-order valence-corrected chi connectivity index (χ3v) is 3.74. The predicted molar refractivity (Wildman–Crippen MR) is 85.0 cm³/mol. The topological polar surface area (TPSA) is 70.0 Å². The fourth-order valence-electron chi connectivity index (χ4n) is 1.76. The molecule has 1 unspecified atom stereocenters. The molecule has 1 aromatic rings. The zero-order chi connectivity index (χ0) is 15.8. The molecular formula is C16H20N2O2S. The highest BCUT2D eigenvalue weighted by molar-refractivity contribution is 7.98. The average molecular weight is 304 g/mol. The minimum atomic E-state index is -1.29. The Labute approximate surface area is 129 Å². The summed E-state index contributed by atoms with van der Waals surface area (Å²) in [6, 6.07) is 8.78. The monoisotopic (exact) mass is 304 g/mol. The number of benzene rings is 1. The molecular weight excluding hydrogens is 284 g/mol. The molecule has 0 aliphatic rings. The lowest BCUT2D eigenvalue weighted by atomic mass is 9.97. The minimum absolute atomic E-state index is 0.102. The van der Waals surface area contributed by atoms with Crippen molar-refractivity contribution in [1.82, 2.24) is 5.32 Å². The van der Waals surface area contributed by atoms with Gasteiger partial charge in [-0.3, -0.25) is 9.59 Å². The van der Waals surface area contributed by atoms with Gasteiger partial charge in [0.2, 0.25) is 5.91 Å². The number of nitriles is 1. The second-order valence-electron chi connectivity index (χ2n) is 4.92. The largest absolute Gasteiger partial charge is 0.352 e. The molecule has 0 saturated heterocycles. The average Bonchev–Trinajstić information content (AvgIpc) is 2.45. The van der Waals surface area contributed by atoms with Gasteiger partial charge in [-0.25, -0.2) is 0 Å². The highest BCUT2D eigenvalue weighted by atomic mass is 32.2. The molecule has 0 fully saturated rings. The van der Waals surface area contributed by atoms with Gasteiger partial charge >= 0.3 is 0 Å². The first-order valence-corrected chi connectivity index (χ1v) is 8.06. The molecule has 0 spiro atoms. The summed E-state index contributed by atoms with van der Waals surface area (Å²) in [6.07, 6.45) is 0. The van der Waals surface area contributed by atoms with E-state index in [1.54, 1.807) is 43.8 Å². The molecule has 1 atom stereocenters. The Balaban J connectivity index is 2.81. The van der Waals surface area contributed by atoms with Crippen molar-refractivity contribution >= 4 is 23.5 Å². The van der Waals surface area contributed by atoms with E-state index in [1.807, 2.05) is 12.1 Å². The van der Waals surface area contributed by atoms with Crippen molar-refractivity contribution in [2.24, 2.45) is 5.92 Å². The number of carbonyl (C=O) groups is 2. The Morgan fingerprint density at radius 2 is 1.90 bits per heavy atom. The molecule has 5 heteroatoms. The molecule has 112 valence electrons. The number of hydrogen-bond acceptors (Lipinski definition) is 4. The number of amides is 1. The highest BCUT2D eigenvalue weighted by Gasteiger charge is 2.27. The van der Waals surface area contributed by atoms with Gasteiger partial charge in [-0.05, 0) is 25.2 Å². The lowest BCUT2D eigenvalue weighted by Gasteiger charge is -2.12. The van der Waals surface area contributed by atoms with E-state index in [-0.39, 0.29) is 6.04 Å². The first-order chi connectivity index (χ1) is 9.99. The van der Waals surface area contributed by atoms with E-state index in [0.717, 1.165) is 17.1 Å². The summed E-state index contributed by atoms with van der Waals surface area (Å²) >= 11 is 1.80. The van der Waals surface area contributed by atoms with Crippen LogP contribution in [-0.4, -0.2) is 23.5 Å². The van der Waals surface area contributed by atoms with Gasteiger partial charge in [0.15, 0.2) is 11.7 Å². The highest BCUT2D eigenvalue weighted by Crippen LogP contribution is 2.15. The fraction of sp³-hybridized carbons (Fsp3) is 0.438. The zero-order valence-electron chi connectivity index (χ0n) is 12.6. The molecule has 0 bridgehead atoms. The number of hydrogen-bond donors (Lipinski definition) is 1. The first-order valence-electron chi connectivity index (χ1n) is 6.90. The standard InChI is InChI=1S/C16H20N2O2S/c1-4-21-10-12-5-7-13(8-6-12)15(19)14(9-17)16(20)18-11(2)3/h5-8,11,14H,4,10H2,1-3H3,(H,18,20). The van der Waals surface area contributed by atoms with Crippen LogP contribution in [0.5, 0.6) is 0 Å². The Morgan fingerprint density at radius 3 is 2.38 bits per heavy atom.